The first-order chi connectivity index (χ1) is 15.9. The largest absolute Gasteiger partial charge is 0.310 e. The number of rotatable bonds is 8. The molecule has 0 unspecified atom stereocenters. The number of nitrogens with zero attached hydrogens (tertiary/aromatic N) is 4. The molecule has 0 aliphatic carbocycles. The second-order valence-electron chi connectivity index (χ2n) is 7.03. The second kappa shape index (κ2) is 9.71. The van der Waals surface area contributed by atoms with Crippen LogP contribution in [0.2, 0.25) is 0 Å². The number of thiophene rings is 1. The summed E-state index contributed by atoms with van der Waals surface area (Å²) < 4.78 is 1.51. The molecule has 2 amide bonds. The van der Waals surface area contributed by atoms with E-state index in [4.69, 9.17) is 0 Å². The Labute approximate surface area is 196 Å². The minimum Gasteiger partial charge on any atom is -0.310 e. The average molecular weight is 483 g/mol. The number of non-ortho nitro benzene ring substituents is 1. The van der Waals surface area contributed by atoms with Crippen LogP contribution >= 0.6 is 22.7 Å². The lowest BCUT2D eigenvalue weighted by molar-refractivity contribution is -0.384. The summed E-state index contributed by atoms with van der Waals surface area (Å²) in [7, 11) is 0. The van der Waals surface area contributed by atoms with Crippen LogP contribution in [0.25, 0.3) is 5.69 Å². The lowest BCUT2D eigenvalue weighted by Gasteiger charge is -2.08. The SMILES string of the molecule is Cc1cc(NC(=O)Cc2csc(NC(=O)Cc3cccs3)n2)n(-c2ccc([N+](=O)[O-])cc2)n1. The van der Waals surface area contributed by atoms with Crippen molar-refractivity contribution in [3.63, 3.8) is 0 Å². The van der Waals surface area contributed by atoms with Crippen molar-refractivity contribution < 1.29 is 14.5 Å². The number of carbonyl (C=O) groups excluding carboxylic acids is 2. The molecule has 12 heteroatoms. The van der Waals surface area contributed by atoms with Crippen LogP contribution in [0.4, 0.5) is 16.6 Å². The zero-order chi connectivity index (χ0) is 23.4. The van der Waals surface area contributed by atoms with Crippen molar-refractivity contribution in [3.8, 4) is 5.69 Å². The van der Waals surface area contributed by atoms with Gasteiger partial charge in [-0.2, -0.15) is 5.10 Å². The van der Waals surface area contributed by atoms with Gasteiger partial charge in [-0.25, -0.2) is 9.67 Å². The molecular formula is C21H18N6O4S2. The van der Waals surface area contributed by atoms with Crippen molar-refractivity contribution >= 4 is 51.1 Å². The molecule has 3 heterocycles. The molecule has 3 aromatic heterocycles. The van der Waals surface area contributed by atoms with E-state index in [1.54, 1.807) is 30.5 Å². The van der Waals surface area contributed by atoms with E-state index in [-0.39, 0.29) is 30.3 Å². The minimum atomic E-state index is -0.479. The lowest BCUT2D eigenvalue weighted by Crippen LogP contribution is -2.17. The van der Waals surface area contributed by atoms with Crippen LogP contribution in [0, 0.1) is 17.0 Å². The highest BCUT2D eigenvalue weighted by Gasteiger charge is 2.15. The van der Waals surface area contributed by atoms with Crippen LogP contribution in [0.15, 0.2) is 53.2 Å². The van der Waals surface area contributed by atoms with Crippen LogP contribution in [0.5, 0.6) is 0 Å². The molecule has 33 heavy (non-hydrogen) atoms. The van der Waals surface area contributed by atoms with E-state index < -0.39 is 4.92 Å². The lowest BCUT2D eigenvalue weighted by atomic mass is 10.3. The van der Waals surface area contributed by atoms with Gasteiger partial charge < -0.3 is 10.6 Å². The number of aromatic nitrogens is 3. The molecule has 10 nitrogen and oxygen atoms in total. The highest BCUT2D eigenvalue weighted by Crippen LogP contribution is 2.21. The van der Waals surface area contributed by atoms with E-state index in [1.165, 1.54) is 39.5 Å². The summed E-state index contributed by atoms with van der Waals surface area (Å²) in [6, 6.07) is 11.4. The number of benzene rings is 1. The van der Waals surface area contributed by atoms with Crippen molar-refractivity contribution in [2.75, 3.05) is 10.6 Å². The molecule has 0 saturated carbocycles. The smallest absolute Gasteiger partial charge is 0.269 e. The molecule has 4 rings (SSSR count). The van der Waals surface area contributed by atoms with Crippen molar-refractivity contribution in [3.05, 3.63) is 79.6 Å². The predicted molar refractivity (Wildman–Crippen MR) is 126 cm³/mol. The van der Waals surface area contributed by atoms with Gasteiger partial charge in [0.1, 0.15) is 5.82 Å². The summed E-state index contributed by atoms with van der Waals surface area (Å²) >= 11 is 2.77. The van der Waals surface area contributed by atoms with Crippen LogP contribution in [-0.4, -0.2) is 31.5 Å². The number of carbonyl (C=O) groups is 2. The number of hydrogen-bond donors (Lipinski definition) is 2. The maximum absolute atomic E-state index is 12.6. The maximum Gasteiger partial charge on any atom is 0.269 e. The summed E-state index contributed by atoms with van der Waals surface area (Å²) in [5.74, 6) is -0.0313. The number of nitro benzene ring substituents is 1. The van der Waals surface area contributed by atoms with E-state index in [0.29, 0.717) is 28.0 Å². The number of aryl methyl sites for hydroxylation is 1. The number of nitro groups is 1. The van der Waals surface area contributed by atoms with Gasteiger partial charge in [-0.1, -0.05) is 6.07 Å². The van der Waals surface area contributed by atoms with Crippen molar-refractivity contribution in [1.29, 1.82) is 0 Å². The molecule has 0 bridgehead atoms. The zero-order valence-electron chi connectivity index (χ0n) is 17.3. The molecule has 0 aliphatic heterocycles. The van der Waals surface area contributed by atoms with E-state index in [9.17, 15) is 19.7 Å². The quantitative estimate of drug-likeness (QED) is 0.288. The molecule has 168 valence electrons. The predicted octanol–water partition coefficient (Wildman–Crippen LogP) is 3.97. The summed E-state index contributed by atoms with van der Waals surface area (Å²) in [6.45, 7) is 1.78. The van der Waals surface area contributed by atoms with E-state index in [2.05, 4.69) is 20.7 Å². The second-order valence-corrected chi connectivity index (χ2v) is 8.92. The Bertz CT molecular complexity index is 1290. The third-order valence-electron chi connectivity index (χ3n) is 4.46. The van der Waals surface area contributed by atoms with Gasteiger partial charge in [0, 0.05) is 28.5 Å². The molecule has 0 radical (unpaired) electrons. The van der Waals surface area contributed by atoms with Crippen molar-refractivity contribution in [2.24, 2.45) is 0 Å². The third-order valence-corrected chi connectivity index (χ3v) is 6.14. The molecule has 0 saturated heterocycles. The molecular weight excluding hydrogens is 464 g/mol. The highest BCUT2D eigenvalue weighted by molar-refractivity contribution is 7.14. The molecule has 1 aromatic carbocycles. The Morgan fingerprint density at radius 3 is 2.55 bits per heavy atom. The molecule has 0 spiro atoms. The Morgan fingerprint density at radius 2 is 1.85 bits per heavy atom. The first kappa shape index (κ1) is 22.3. The maximum atomic E-state index is 12.6. The van der Waals surface area contributed by atoms with E-state index in [0.717, 1.165) is 4.88 Å². The number of anilines is 2. The molecule has 2 N–H and O–H groups in total. The first-order valence-corrected chi connectivity index (χ1v) is 11.5. The standard InChI is InChI=1S/C21H18N6O4S2/c1-13-9-18(26(25-13)15-4-6-16(7-5-15)27(30)31)23-19(28)10-14-12-33-21(22-14)24-20(29)11-17-3-2-8-32-17/h2-9,12H,10-11H2,1H3,(H,23,28)(H,22,24,29). The first-order valence-electron chi connectivity index (χ1n) is 9.75. The monoisotopic (exact) mass is 482 g/mol. The molecule has 4 aromatic rings. The summed E-state index contributed by atoms with van der Waals surface area (Å²) in [4.78, 5) is 40.4. The fourth-order valence-electron chi connectivity index (χ4n) is 3.03. The van der Waals surface area contributed by atoms with Gasteiger partial charge in [0.25, 0.3) is 5.69 Å². The van der Waals surface area contributed by atoms with Crippen LogP contribution in [0.3, 0.4) is 0 Å². The van der Waals surface area contributed by atoms with Gasteiger partial charge in [0.05, 0.1) is 34.8 Å². The number of thiazole rings is 1. The fourth-order valence-corrected chi connectivity index (χ4v) is 4.46. The van der Waals surface area contributed by atoms with Gasteiger partial charge in [-0.05, 0) is 30.5 Å². The highest BCUT2D eigenvalue weighted by atomic mass is 32.1. The zero-order valence-corrected chi connectivity index (χ0v) is 19.0. The van der Waals surface area contributed by atoms with Gasteiger partial charge in [-0.3, -0.25) is 19.7 Å². The summed E-state index contributed by atoms with van der Waals surface area (Å²) in [6.07, 6.45) is 0.292. The average Bonchev–Trinajstić information content (AvgIpc) is 3.50. The van der Waals surface area contributed by atoms with Gasteiger partial charge in [-0.15, -0.1) is 22.7 Å². The molecule has 0 aliphatic rings. The normalized spacial score (nSPS) is 10.7. The topological polar surface area (TPSA) is 132 Å². The van der Waals surface area contributed by atoms with Crippen LogP contribution < -0.4 is 10.6 Å². The molecule has 0 atom stereocenters. The van der Waals surface area contributed by atoms with Gasteiger partial charge >= 0.3 is 0 Å². The van der Waals surface area contributed by atoms with Crippen molar-refractivity contribution in [2.45, 2.75) is 19.8 Å². The van der Waals surface area contributed by atoms with Crippen molar-refractivity contribution in [1.82, 2.24) is 14.8 Å². The Kier molecular flexibility index (Phi) is 6.56. The number of amides is 2. The van der Waals surface area contributed by atoms with E-state index >= 15 is 0 Å². The van der Waals surface area contributed by atoms with E-state index in [1.807, 2.05) is 17.5 Å². The summed E-state index contributed by atoms with van der Waals surface area (Å²) in [5, 5.41) is 24.8. The van der Waals surface area contributed by atoms with Gasteiger partial charge in [0.2, 0.25) is 11.8 Å². The Balaban J connectivity index is 1.38. The summed E-state index contributed by atoms with van der Waals surface area (Å²) in [5.41, 5.74) is 1.75. The van der Waals surface area contributed by atoms with Crippen LogP contribution in [-0.2, 0) is 22.4 Å². The van der Waals surface area contributed by atoms with Gasteiger partial charge in [0.15, 0.2) is 5.13 Å². The Morgan fingerprint density at radius 1 is 1.09 bits per heavy atom. The van der Waals surface area contributed by atoms with Crippen LogP contribution in [0.1, 0.15) is 16.3 Å². The molecule has 0 fully saturated rings. The Hall–Kier alpha value is -3.90. The fraction of sp³-hybridized carbons (Fsp3) is 0.143. The minimum absolute atomic E-state index is 0.0157. The number of nitrogens with one attached hydrogen (secondary N) is 2. The number of hydrogen-bond acceptors (Lipinski definition) is 8. The third kappa shape index (κ3) is 5.67.